The molecule has 72 valence electrons. The molecule has 1 aromatic rings. The van der Waals surface area contributed by atoms with Crippen LogP contribution in [0.1, 0.15) is 25.5 Å². The van der Waals surface area contributed by atoms with Crippen molar-refractivity contribution in [3.63, 3.8) is 0 Å². The van der Waals surface area contributed by atoms with Crippen molar-refractivity contribution in [1.82, 2.24) is 10.3 Å². The standard InChI is InChI=1S/C10H16N2O/c1-8(7-13)12-9(2)10-3-5-11-6-4-10/h3-6,8-9,12-13H,7H2,1-2H3/t8-,9-/m1/s1. The minimum atomic E-state index is 0.128. The Labute approximate surface area is 78.8 Å². The van der Waals surface area contributed by atoms with Crippen LogP contribution in [0.15, 0.2) is 24.5 Å². The van der Waals surface area contributed by atoms with E-state index in [4.69, 9.17) is 5.11 Å². The van der Waals surface area contributed by atoms with Gasteiger partial charge in [-0.15, -0.1) is 0 Å². The number of pyridine rings is 1. The molecular formula is C10H16N2O. The Morgan fingerprint density at radius 1 is 1.38 bits per heavy atom. The van der Waals surface area contributed by atoms with E-state index in [1.54, 1.807) is 12.4 Å². The van der Waals surface area contributed by atoms with Gasteiger partial charge in [0, 0.05) is 24.5 Å². The Kier molecular flexibility index (Phi) is 3.86. The molecule has 0 fully saturated rings. The van der Waals surface area contributed by atoms with Gasteiger partial charge in [0.1, 0.15) is 0 Å². The zero-order valence-electron chi connectivity index (χ0n) is 8.07. The summed E-state index contributed by atoms with van der Waals surface area (Å²) in [6.07, 6.45) is 3.55. The molecule has 0 spiro atoms. The van der Waals surface area contributed by atoms with Gasteiger partial charge in [0.05, 0.1) is 6.61 Å². The Bertz CT molecular complexity index is 238. The predicted molar refractivity (Wildman–Crippen MR) is 52.3 cm³/mol. The van der Waals surface area contributed by atoms with Gasteiger partial charge in [-0.05, 0) is 31.5 Å². The highest BCUT2D eigenvalue weighted by Gasteiger charge is 2.07. The van der Waals surface area contributed by atoms with Crippen LogP contribution >= 0.6 is 0 Å². The van der Waals surface area contributed by atoms with E-state index in [0.29, 0.717) is 0 Å². The zero-order valence-corrected chi connectivity index (χ0v) is 8.07. The summed E-state index contributed by atoms with van der Waals surface area (Å²) in [6.45, 7) is 4.19. The van der Waals surface area contributed by atoms with Gasteiger partial charge < -0.3 is 10.4 Å². The van der Waals surface area contributed by atoms with Crippen LogP contribution in [0.2, 0.25) is 0 Å². The largest absolute Gasteiger partial charge is 0.395 e. The summed E-state index contributed by atoms with van der Waals surface area (Å²) in [4.78, 5) is 3.95. The molecule has 0 amide bonds. The number of hydrogen-bond donors (Lipinski definition) is 2. The molecule has 1 aromatic heterocycles. The summed E-state index contributed by atoms with van der Waals surface area (Å²) in [6, 6.07) is 4.33. The SMILES string of the molecule is C[C@H](CO)N[C@H](C)c1ccncc1. The van der Waals surface area contributed by atoms with Crippen LogP contribution in [0, 0.1) is 0 Å². The molecule has 0 bridgehead atoms. The van der Waals surface area contributed by atoms with E-state index in [9.17, 15) is 0 Å². The van der Waals surface area contributed by atoms with Crippen molar-refractivity contribution in [2.75, 3.05) is 6.61 Å². The lowest BCUT2D eigenvalue weighted by molar-refractivity contribution is 0.243. The highest BCUT2D eigenvalue weighted by atomic mass is 16.3. The van der Waals surface area contributed by atoms with Gasteiger partial charge in [-0.25, -0.2) is 0 Å². The molecule has 1 rings (SSSR count). The number of rotatable bonds is 4. The number of aliphatic hydroxyl groups excluding tert-OH is 1. The zero-order chi connectivity index (χ0) is 9.68. The van der Waals surface area contributed by atoms with Crippen LogP contribution in [0.5, 0.6) is 0 Å². The number of nitrogens with one attached hydrogen (secondary N) is 1. The summed E-state index contributed by atoms with van der Waals surface area (Å²) in [5, 5.41) is 12.1. The van der Waals surface area contributed by atoms with Crippen molar-refractivity contribution >= 4 is 0 Å². The third-order valence-electron chi connectivity index (χ3n) is 2.01. The van der Waals surface area contributed by atoms with Crippen molar-refractivity contribution in [3.8, 4) is 0 Å². The summed E-state index contributed by atoms with van der Waals surface area (Å²) >= 11 is 0. The normalized spacial score (nSPS) is 15.3. The first-order valence-electron chi connectivity index (χ1n) is 4.51. The highest BCUT2D eigenvalue weighted by Crippen LogP contribution is 2.10. The third kappa shape index (κ3) is 3.13. The molecule has 0 aliphatic heterocycles. The predicted octanol–water partition coefficient (Wildman–Crippen LogP) is 1.11. The lowest BCUT2D eigenvalue weighted by Gasteiger charge is -2.18. The highest BCUT2D eigenvalue weighted by molar-refractivity contribution is 5.13. The first-order valence-corrected chi connectivity index (χ1v) is 4.51. The van der Waals surface area contributed by atoms with Crippen molar-refractivity contribution < 1.29 is 5.11 Å². The molecule has 3 nitrogen and oxygen atoms in total. The van der Waals surface area contributed by atoms with Gasteiger partial charge in [-0.1, -0.05) is 0 Å². The minimum Gasteiger partial charge on any atom is -0.395 e. The molecule has 0 unspecified atom stereocenters. The Balaban J connectivity index is 2.53. The lowest BCUT2D eigenvalue weighted by Crippen LogP contribution is -2.31. The molecule has 0 aliphatic rings. The third-order valence-corrected chi connectivity index (χ3v) is 2.01. The fourth-order valence-corrected chi connectivity index (χ4v) is 1.23. The van der Waals surface area contributed by atoms with Crippen LogP contribution in [-0.2, 0) is 0 Å². The maximum Gasteiger partial charge on any atom is 0.0582 e. The van der Waals surface area contributed by atoms with Crippen molar-refractivity contribution in [2.24, 2.45) is 0 Å². The van der Waals surface area contributed by atoms with E-state index < -0.39 is 0 Å². The summed E-state index contributed by atoms with van der Waals surface area (Å²) in [5.41, 5.74) is 1.19. The van der Waals surface area contributed by atoms with E-state index in [1.807, 2.05) is 19.1 Å². The van der Waals surface area contributed by atoms with Crippen LogP contribution in [0.4, 0.5) is 0 Å². The van der Waals surface area contributed by atoms with Crippen molar-refractivity contribution in [2.45, 2.75) is 25.9 Å². The second-order valence-corrected chi connectivity index (χ2v) is 3.25. The van der Waals surface area contributed by atoms with Gasteiger partial charge >= 0.3 is 0 Å². The topological polar surface area (TPSA) is 45.1 Å². The first kappa shape index (κ1) is 10.2. The average Bonchev–Trinajstić information content (AvgIpc) is 2.19. The van der Waals surface area contributed by atoms with E-state index >= 15 is 0 Å². The van der Waals surface area contributed by atoms with E-state index in [2.05, 4.69) is 17.2 Å². The first-order chi connectivity index (χ1) is 6.24. The molecule has 1 heterocycles. The maximum atomic E-state index is 8.86. The minimum absolute atomic E-state index is 0.128. The molecule has 0 aliphatic carbocycles. The molecule has 3 heteroatoms. The molecule has 0 saturated heterocycles. The second kappa shape index (κ2) is 4.94. The molecule has 0 aromatic carbocycles. The summed E-state index contributed by atoms with van der Waals surface area (Å²) < 4.78 is 0. The molecule has 2 atom stereocenters. The quantitative estimate of drug-likeness (QED) is 0.729. The molecular weight excluding hydrogens is 164 g/mol. The van der Waals surface area contributed by atoms with E-state index in [0.717, 1.165) is 0 Å². The van der Waals surface area contributed by atoms with Crippen molar-refractivity contribution in [3.05, 3.63) is 30.1 Å². The Morgan fingerprint density at radius 2 is 2.00 bits per heavy atom. The van der Waals surface area contributed by atoms with Gasteiger partial charge in [0.2, 0.25) is 0 Å². The number of aliphatic hydroxyl groups is 1. The molecule has 0 saturated carbocycles. The number of hydrogen-bond acceptors (Lipinski definition) is 3. The molecule has 2 N–H and O–H groups in total. The van der Waals surface area contributed by atoms with Gasteiger partial charge in [-0.2, -0.15) is 0 Å². The van der Waals surface area contributed by atoms with Gasteiger partial charge in [-0.3, -0.25) is 4.98 Å². The van der Waals surface area contributed by atoms with Crippen LogP contribution in [-0.4, -0.2) is 22.7 Å². The fourth-order valence-electron chi connectivity index (χ4n) is 1.23. The molecule has 0 radical (unpaired) electrons. The summed E-state index contributed by atoms with van der Waals surface area (Å²) in [7, 11) is 0. The lowest BCUT2D eigenvalue weighted by atomic mass is 10.1. The van der Waals surface area contributed by atoms with Crippen LogP contribution in [0.3, 0.4) is 0 Å². The number of aromatic nitrogens is 1. The average molecular weight is 180 g/mol. The summed E-state index contributed by atoms with van der Waals surface area (Å²) in [5.74, 6) is 0. The van der Waals surface area contributed by atoms with E-state index in [-0.39, 0.29) is 18.7 Å². The van der Waals surface area contributed by atoms with Crippen molar-refractivity contribution in [1.29, 1.82) is 0 Å². The smallest absolute Gasteiger partial charge is 0.0582 e. The second-order valence-electron chi connectivity index (χ2n) is 3.25. The fraction of sp³-hybridized carbons (Fsp3) is 0.500. The number of nitrogens with zero attached hydrogens (tertiary/aromatic N) is 1. The van der Waals surface area contributed by atoms with Gasteiger partial charge in [0.25, 0.3) is 0 Å². The maximum absolute atomic E-state index is 8.86. The van der Waals surface area contributed by atoms with Gasteiger partial charge in [0.15, 0.2) is 0 Å². The Hall–Kier alpha value is -0.930. The Morgan fingerprint density at radius 3 is 2.54 bits per heavy atom. The van der Waals surface area contributed by atoms with Crippen LogP contribution in [0.25, 0.3) is 0 Å². The molecule has 13 heavy (non-hydrogen) atoms. The monoisotopic (exact) mass is 180 g/mol. The van der Waals surface area contributed by atoms with Crippen LogP contribution < -0.4 is 5.32 Å². The van der Waals surface area contributed by atoms with E-state index in [1.165, 1.54) is 5.56 Å².